The zero-order valence-electron chi connectivity index (χ0n) is 9.98. The molecule has 3 N–H and O–H groups in total. The predicted octanol–water partition coefficient (Wildman–Crippen LogP) is -0.687. The van der Waals surface area contributed by atoms with Crippen LogP contribution in [0.3, 0.4) is 0 Å². The molecule has 96 valence electrons. The first-order chi connectivity index (χ1) is 8.69. The van der Waals surface area contributed by atoms with Crippen molar-refractivity contribution in [1.82, 2.24) is 14.4 Å². The van der Waals surface area contributed by atoms with Crippen molar-refractivity contribution in [2.45, 2.75) is 12.2 Å². The van der Waals surface area contributed by atoms with Gasteiger partial charge in [0.05, 0.1) is 18.4 Å². The van der Waals surface area contributed by atoms with E-state index in [0.717, 1.165) is 5.65 Å². The van der Waals surface area contributed by atoms with Crippen LogP contribution in [0.2, 0.25) is 0 Å². The molecule has 2 unspecified atom stereocenters. The fourth-order valence-electron chi connectivity index (χ4n) is 2.19. The van der Waals surface area contributed by atoms with Gasteiger partial charge in [-0.3, -0.25) is 0 Å². The van der Waals surface area contributed by atoms with Crippen LogP contribution < -0.4 is 10.2 Å². The number of rotatable bonds is 2. The number of aliphatic hydroxyl groups is 2. The number of nitrogens with zero attached hydrogens (tertiary/aromatic N) is 4. The first-order valence-electron chi connectivity index (χ1n) is 5.81. The predicted molar refractivity (Wildman–Crippen MR) is 66.8 cm³/mol. The Bertz CT molecular complexity index is 560. The van der Waals surface area contributed by atoms with Gasteiger partial charge in [0.25, 0.3) is 0 Å². The van der Waals surface area contributed by atoms with Gasteiger partial charge in [-0.15, -0.1) is 0 Å². The van der Waals surface area contributed by atoms with Crippen LogP contribution in [-0.4, -0.2) is 56.9 Å². The highest BCUT2D eigenvalue weighted by Gasteiger charge is 2.31. The zero-order chi connectivity index (χ0) is 12.7. The summed E-state index contributed by atoms with van der Waals surface area (Å²) in [4.78, 5) is 10.6. The van der Waals surface area contributed by atoms with Gasteiger partial charge in [-0.1, -0.05) is 0 Å². The summed E-state index contributed by atoms with van der Waals surface area (Å²) in [6.45, 7) is 0.730. The highest BCUT2D eigenvalue weighted by atomic mass is 16.3. The molecular formula is C11H15N5O2. The van der Waals surface area contributed by atoms with Gasteiger partial charge in [0.1, 0.15) is 5.82 Å². The third-order valence-corrected chi connectivity index (χ3v) is 3.17. The number of anilines is 2. The molecule has 0 amide bonds. The SMILES string of the molecule is CNc1cn2ccnc2c(N2CC(O)C(O)C2)n1. The number of imidazole rings is 1. The van der Waals surface area contributed by atoms with E-state index in [-0.39, 0.29) is 0 Å². The van der Waals surface area contributed by atoms with Gasteiger partial charge in [-0.2, -0.15) is 0 Å². The van der Waals surface area contributed by atoms with Gasteiger partial charge in [0.2, 0.25) is 0 Å². The van der Waals surface area contributed by atoms with Crippen LogP contribution in [0, 0.1) is 0 Å². The fourth-order valence-corrected chi connectivity index (χ4v) is 2.19. The standard InChI is InChI=1S/C11H15N5O2/c1-12-9-6-15-3-2-13-10(15)11(14-9)16-4-7(17)8(18)5-16/h2-3,6-8,12,17-18H,4-5H2,1H3. The Labute approximate surface area is 104 Å². The number of β-amino-alcohol motifs (C(OH)–C–C–N with tert-alkyl or cyclic N) is 2. The maximum absolute atomic E-state index is 9.62. The van der Waals surface area contributed by atoms with Crippen molar-refractivity contribution in [3.8, 4) is 0 Å². The van der Waals surface area contributed by atoms with Crippen molar-refractivity contribution in [2.75, 3.05) is 30.4 Å². The van der Waals surface area contributed by atoms with Crippen molar-refractivity contribution in [3.63, 3.8) is 0 Å². The molecule has 1 saturated heterocycles. The fraction of sp³-hybridized carbons (Fsp3) is 0.455. The van der Waals surface area contributed by atoms with Crippen molar-refractivity contribution in [3.05, 3.63) is 18.6 Å². The Morgan fingerprint density at radius 1 is 1.33 bits per heavy atom. The molecule has 3 rings (SSSR count). The second kappa shape index (κ2) is 4.11. The van der Waals surface area contributed by atoms with Crippen LogP contribution in [0.4, 0.5) is 11.6 Å². The number of aliphatic hydroxyl groups excluding tert-OH is 2. The Balaban J connectivity index is 2.07. The minimum absolute atomic E-state index is 0.365. The number of hydrogen-bond acceptors (Lipinski definition) is 6. The lowest BCUT2D eigenvalue weighted by Gasteiger charge is -2.18. The highest BCUT2D eigenvalue weighted by Crippen LogP contribution is 2.24. The van der Waals surface area contributed by atoms with Crippen LogP contribution in [0.1, 0.15) is 0 Å². The summed E-state index contributed by atoms with van der Waals surface area (Å²) in [6.07, 6.45) is 3.90. The van der Waals surface area contributed by atoms with Crippen molar-refractivity contribution in [1.29, 1.82) is 0 Å². The lowest BCUT2D eigenvalue weighted by atomic mass is 10.3. The average Bonchev–Trinajstić information content (AvgIpc) is 2.95. The van der Waals surface area contributed by atoms with Crippen LogP contribution in [-0.2, 0) is 0 Å². The summed E-state index contributed by atoms with van der Waals surface area (Å²) < 4.78 is 1.87. The van der Waals surface area contributed by atoms with Crippen LogP contribution in [0.15, 0.2) is 18.6 Å². The first kappa shape index (κ1) is 11.2. The zero-order valence-corrected chi connectivity index (χ0v) is 9.98. The Kier molecular flexibility index (Phi) is 2.57. The molecule has 7 nitrogen and oxygen atoms in total. The van der Waals surface area contributed by atoms with Crippen LogP contribution >= 0.6 is 0 Å². The van der Waals surface area contributed by atoms with Gasteiger partial charge in [0.15, 0.2) is 11.5 Å². The van der Waals surface area contributed by atoms with E-state index in [4.69, 9.17) is 0 Å². The lowest BCUT2D eigenvalue weighted by Crippen LogP contribution is -2.23. The van der Waals surface area contributed by atoms with E-state index in [1.807, 2.05) is 21.7 Å². The third-order valence-electron chi connectivity index (χ3n) is 3.17. The summed E-state index contributed by atoms with van der Waals surface area (Å²) in [5, 5.41) is 22.2. The number of nitrogens with one attached hydrogen (secondary N) is 1. The Hall–Kier alpha value is -1.86. The molecule has 3 heterocycles. The van der Waals surface area contributed by atoms with Crippen molar-refractivity contribution in [2.24, 2.45) is 0 Å². The summed E-state index contributed by atoms with van der Waals surface area (Å²) in [5.74, 6) is 1.38. The van der Waals surface area contributed by atoms with Crippen molar-refractivity contribution >= 4 is 17.3 Å². The van der Waals surface area contributed by atoms with Gasteiger partial charge in [-0.25, -0.2) is 9.97 Å². The smallest absolute Gasteiger partial charge is 0.180 e. The molecule has 0 aromatic carbocycles. The van der Waals surface area contributed by atoms with E-state index >= 15 is 0 Å². The molecule has 1 aliphatic heterocycles. The van der Waals surface area contributed by atoms with E-state index in [2.05, 4.69) is 15.3 Å². The average molecular weight is 249 g/mol. The van der Waals surface area contributed by atoms with Gasteiger partial charge < -0.3 is 24.8 Å². The molecule has 0 radical (unpaired) electrons. The number of fused-ring (bicyclic) bond motifs is 1. The molecule has 0 spiro atoms. The second-order valence-electron chi connectivity index (χ2n) is 4.40. The number of hydrogen-bond donors (Lipinski definition) is 3. The van der Waals surface area contributed by atoms with Crippen molar-refractivity contribution < 1.29 is 10.2 Å². The molecule has 0 saturated carbocycles. The van der Waals surface area contributed by atoms with E-state index in [1.54, 1.807) is 13.2 Å². The summed E-state index contributed by atoms with van der Waals surface area (Å²) in [7, 11) is 1.79. The minimum atomic E-state index is -0.736. The maximum Gasteiger partial charge on any atom is 0.180 e. The van der Waals surface area contributed by atoms with Gasteiger partial charge in [-0.05, 0) is 0 Å². The quantitative estimate of drug-likeness (QED) is 0.653. The summed E-state index contributed by atoms with van der Waals surface area (Å²) in [5.41, 5.74) is 0.718. The number of aromatic nitrogens is 3. The molecule has 2 aromatic rings. The molecule has 0 bridgehead atoms. The molecule has 7 heteroatoms. The normalized spacial score (nSPS) is 23.8. The lowest BCUT2D eigenvalue weighted by molar-refractivity contribution is 0.0572. The van der Waals surface area contributed by atoms with Crippen LogP contribution in [0.25, 0.3) is 5.65 Å². The minimum Gasteiger partial charge on any atom is -0.389 e. The summed E-state index contributed by atoms with van der Waals surface area (Å²) >= 11 is 0. The van der Waals surface area contributed by atoms with Gasteiger partial charge in [0, 0.05) is 32.5 Å². The topological polar surface area (TPSA) is 85.9 Å². The molecule has 1 aliphatic rings. The Morgan fingerprint density at radius 3 is 2.72 bits per heavy atom. The van der Waals surface area contributed by atoms with Gasteiger partial charge >= 0.3 is 0 Å². The van der Waals surface area contributed by atoms with E-state index in [9.17, 15) is 10.2 Å². The first-order valence-corrected chi connectivity index (χ1v) is 5.81. The highest BCUT2D eigenvalue weighted by molar-refractivity contribution is 5.67. The molecule has 2 atom stereocenters. The molecular weight excluding hydrogens is 234 g/mol. The largest absolute Gasteiger partial charge is 0.389 e. The van der Waals surface area contributed by atoms with E-state index < -0.39 is 12.2 Å². The second-order valence-corrected chi connectivity index (χ2v) is 4.40. The molecule has 18 heavy (non-hydrogen) atoms. The Morgan fingerprint density at radius 2 is 2.06 bits per heavy atom. The third kappa shape index (κ3) is 1.68. The maximum atomic E-state index is 9.62. The van der Waals surface area contributed by atoms with Crippen LogP contribution in [0.5, 0.6) is 0 Å². The summed E-state index contributed by atoms with van der Waals surface area (Å²) in [6, 6.07) is 0. The molecule has 0 aliphatic carbocycles. The van der Waals surface area contributed by atoms with E-state index in [1.165, 1.54) is 0 Å². The molecule has 1 fully saturated rings. The molecule has 2 aromatic heterocycles. The monoisotopic (exact) mass is 249 g/mol. The van der Waals surface area contributed by atoms with E-state index in [0.29, 0.717) is 24.7 Å².